The van der Waals surface area contributed by atoms with Gasteiger partial charge >= 0.3 is 0 Å². The van der Waals surface area contributed by atoms with Gasteiger partial charge in [-0.3, -0.25) is 0 Å². The molecular formula is C20H16F2N4O. The highest BCUT2D eigenvalue weighted by Gasteiger charge is 2.16. The lowest BCUT2D eigenvalue weighted by molar-refractivity contribution is 0.389. The highest BCUT2D eigenvalue weighted by molar-refractivity contribution is 5.69. The predicted molar refractivity (Wildman–Crippen MR) is 98.7 cm³/mol. The summed E-state index contributed by atoms with van der Waals surface area (Å²) in [7, 11) is 1.54. The number of hydrogen-bond donors (Lipinski definition) is 1. The van der Waals surface area contributed by atoms with Gasteiger partial charge in [0, 0.05) is 12.1 Å². The maximum Gasteiger partial charge on any atom is 0.243 e. The van der Waals surface area contributed by atoms with Gasteiger partial charge in [-0.15, -0.1) is 5.10 Å². The van der Waals surface area contributed by atoms with Gasteiger partial charge < -0.3 is 10.1 Å². The summed E-state index contributed by atoms with van der Waals surface area (Å²) < 4.78 is 33.3. The summed E-state index contributed by atoms with van der Waals surface area (Å²) in [6, 6.07) is 15.9. The molecule has 2 aromatic heterocycles. The number of benzene rings is 2. The van der Waals surface area contributed by atoms with Crippen molar-refractivity contribution in [3.8, 4) is 17.1 Å². The second kappa shape index (κ2) is 7.03. The quantitative estimate of drug-likeness (QED) is 0.572. The number of halogens is 2. The smallest absolute Gasteiger partial charge is 0.243 e. The number of hydrogen-bond acceptors (Lipinski definition) is 4. The third-order valence-electron chi connectivity index (χ3n) is 4.13. The summed E-state index contributed by atoms with van der Waals surface area (Å²) in [5.74, 6) is 0.497. The van der Waals surface area contributed by atoms with E-state index in [1.165, 1.54) is 31.4 Å². The molecule has 5 nitrogen and oxygen atoms in total. The van der Waals surface area contributed by atoms with Crippen LogP contribution < -0.4 is 10.1 Å². The van der Waals surface area contributed by atoms with Crippen LogP contribution in [-0.4, -0.2) is 21.7 Å². The first-order valence-corrected chi connectivity index (χ1v) is 8.32. The first kappa shape index (κ1) is 17.0. The van der Waals surface area contributed by atoms with E-state index in [0.29, 0.717) is 29.6 Å². The maximum absolute atomic E-state index is 13.2. The van der Waals surface area contributed by atoms with Crippen molar-refractivity contribution in [1.29, 1.82) is 0 Å². The molecule has 27 heavy (non-hydrogen) atoms. The zero-order valence-corrected chi connectivity index (χ0v) is 14.5. The second-order valence-corrected chi connectivity index (χ2v) is 5.95. The summed E-state index contributed by atoms with van der Waals surface area (Å²) in [6.45, 7) is 0.501. The van der Waals surface area contributed by atoms with Crippen LogP contribution in [0.1, 0.15) is 5.56 Å². The lowest BCUT2D eigenvalue weighted by Gasteiger charge is -2.07. The summed E-state index contributed by atoms with van der Waals surface area (Å²) in [5, 5.41) is 7.71. The van der Waals surface area contributed by atoms with E-state index in [1.807, 2.05) is 6.07 Å². The van der Waals surface area contributed by atoms with Crippen LogP contribution >= 0.6 is 0 Å². The molecule has 0 spiro atoms. The molecule has 4 aromatic rings. The monoisotopic (exact) mass is 366 g/mol. The highest BCUT2D eigenvalue weighted by atomic mass is 19.1. The normalized spacial score (nSPS) is 10.9. The molecule has 7 heteroatoms. The van der Waals surface area contributed by atoms with Crippen molar-refractivity contribution in [3.05, 3.63) is 77.9 Å². The van der Waals surface area contributed by atoms with Crippen molar-refractivity contribution in [2.24, 2.45) is 0 Å². The van der Waals surface area contributed by atoms with Gasteiger partial charge in [-0.2, -0.15) is 4.52 Å². The number of methoxy groups -OCH3 is 1. The Morgan fingerprint density at radius 3 is 2.26 bits per heavy atom. The molecule has 136 valence electrons. The van der Waals surface area contributed by atoms with Crippen molar-refractivity contribution < 1.29 is 13.5 Å². The number of ether oxygens (including phenoxy) is 1. The molecule has 0 fully saturated rings. The van der Waals surface area contributed by atoms with Crippen LogP contribution in [0.2, 0.25) is 0 Å². The molecule has 0 radical (unpaired) electrons. The molecular weight excluding hydrogens is 350 g/mol. The standard InChI is InChI=1S/C20H16F2N4O/c1-27-20-19(14-4-8-16(22)9-5-14)24-18-11-10-17(25-26(18)20)23-12-13-2-6-15(21)7-3-13/h2-11H,12H2,1H3,(H,23,25). The molecule has 0 saturated heterocycles. The third kappa shape index (κ3) is 3.44. The van der Waals surface area contributed by atoms with Gasteiger partial charge in [0.15, 0.2) is 5.65 Å². The zero-order valence-electron chi connectivity index (χ0n) is 14.5. The van der Waals surface area contributed by atoms with Gasteiger partial charge in [-0.25, -0.2) is 13.8 Å². The van der Waals surface area contributed by atoms with E-state index >= 15 is 0 Å². The lowest BCUT2D eigenvalue weighted by Crippen LogP contribution is -2.04. The van der Waals surface area contributed by atoms with Gasteiger partial charge in [0.1, 0.15) is 23.1 Å². The Morgan fingerprint density at radius 1 is 0.926 bits per heavy atom. The number of anilines is 1. The van der Waals surface area contributed by atoms with Crippen molar-refractivity contribution in [3.63, 3.8) is 0 Å². The van der Waals surface area contributed by atoms with Crippen molar-refractivity contribution in [2.75, 3.05) is 12.4 Å². The van der Waals surface area contributed by atoms with Crippen molar-refractivity contribution >= 4 is 11.5 Å². The SMILES string of the molecule is COc1c(-c2ccc(F)cc2)nc2ccc(NCc3ccc(F)cc3)nn12. The molecule has 2 heterocycles. The molecule has 0 bridgehead atoms. The fourth-order valence-corrected chi connectivity index (χ4v) is 2.78. The first-order valence-electron chi connectivity index (χ1n) is 8.32. The molecule has 0 aliphatic carbocycles. The minimum absolute atomic E-state index is 0.269. The number of aromatic nitrogens is 3. The Balaban J connectivity index is 1.65. The molecule has 0 saturated carbocycles. The Hall–Kier alpha value is -3.48. The van der Waals surface area contributed by atoms with Gasteiger partial charge in [0.2, 0.25) is 5.88 Å². The van der Waals surface area contributed by atoms with E-state index in [1.54, 1.807) is 34.8 Å². The summed E-state index contributed by atoms with van der Waals surface area (Å²) in [4.78, 5) is 4.54. The average molecular weight is 366 g/mol. The summed E-state index contributed by atoms with van der Waals surface area (Å²) in [5.41, 5.74) is 2.86. The highest BCUT2D eigenvalue weighted by Crippen LogP contribution is 2.30. The Bertz CT molecular complexity index is 1080. The molecule has 0 aliphatic heterocycles. The lowest BCUT2D eigenvalue weighted by atomic mass is 10.1. The molecule has 2 aromatic carbocycles. The molecule has 0 amide bonds. The van der Waals surface area contributed by atoms with Gasteiger partial charge in [-0.1, -0.05) is 12.1 Å². The Labute approximate surface area is 154 Å². The summed E-state index contributed by atoms with van der Waals surface area (Å²) in [6.07, 6.45) is 0. The number of imidazole rings is 1. The van der Waals surface area contributed by atoms with E-state index in [9.17, 15) is 8.78 Å². The number of nitrogens with one attached hydrogen (secondary N) is 1. The minimum Gasteiger partial charge on any atom is -0.479 e. The summed E-state index contributed by atoms with van der Waals surface area (Å²) >= 11 is 0. The van der Waals surface area contributed by atoms with Crippen LogP contribution in [0.15, 0.2) is 60.7 Å². The third-order valence-corrected chi connectivity index (χ3v) is 4.13. The van der Waals surface area contributed by atoms with Crippen LogP contribution in [0, 0.1) is 11.6 Å². The fourth-order valence-electron chi connectivity index (χ4n) is 2.78. The molecule has 0 unspecified atom stereocenters. The van der Waals surface area contributed by atoms with Crippen LogP contribution in [0.3, 0.4) is 0 Å². The molecule has 0 atom stereocenters. The van der Waals surface area contributed by atoms with E-state index in [0.717, 1.165) is 11.1 Å². The second-order valence-electron chi connectivity index (χ2n) is 5.95. The van der Waals surface area contributed by atoms with Crippen LogP contribution in [0.5, 0.6) is 5.88 Å². The average Bonchev–Trinajstić information content (AvgIpc) is 3.06. The zero-order chi connectivity index (χ0) is 18.8. The number of nitrogens with zero attached hydrogens (tertiary/aromatic N) is 3. The number of rotatable bonds is 5. The largest absolute Gasteiger partial charge is 0.479 e. The van der Waals surface area contributed by atoms with E-state index in [4.69, 9.17) is 4.74 Å². The van der Waals surface area contributed by atoms with Gasteiger partial charge in [-0.05, 0) is 54.1 Å². The molecule has 0 aliphatic rings. The predicted octanol–water partition coefficient (Wildman–Crippen LogP) is 4.30. The van der Waals surface area contributed by atoms with Crippen LogP contribution in [-0.2, 0) is 6.54 Å². The van der Waals surface area contributed by atoms with E-state index in [-0.39, 0.29) is 11.6 Å². The van der Waals surface area contributed by atoms with Crippen molar-refractivity contribution in [1.82, 2.24) is 14.6 Å². The molecule has 4 rings (SSSR count). The maximum atomic E-state index is 13.2. The van der Waals surface area contributed by atoms with Crippen LogP contribution in [0.4, 0.5) is 14.6 Å². The minimum atomic E-state index is -0.313. The fraction of sp³-hybridized carbons (Fsp3) is 0.100. The Morgan fingerprint density at radius 2 is 1.59 bits per heavy atom. The van der Waals surface area contributed by atoms with Gasteiger partial charge in [0.25, 0.3) is 0 Å². The van der Waals surface area contributed by atoms with Crippen molar-refractivity contribution in [2.45, 2.75) is 6.54 Å². The molecule has 1 N–H and O–H groups in total. The van der Waals surface area contributed by atoms with Gasteiger partial charge in [0.05, 0.1) is 7.11 Å². The van der Waals surface area contributed by atoms with E-state index in [2.05, 4.69) is 15.4 Å². The number of fused-ring (bicyclic) bond motifs is 1. The van der Waals surface area contributed by atoms with E-state index < -0.39 is 0 Å². The van der Waals surface area contributed by atoms with Crippen LogP contribution in [0.25, 0.3) is 16.9 Å². The topological polar surface area (TPSA) is 51.5 Å². The Kier molecular flexibility index (Phi) is 4.42. The first-order chi connectivity index (χ1) is 13.1.